The molecular weight excluding hydrogens is 422 g/mol. The molecule has 1 saturated heterocycles. The van der Waals surface area contributed by atoms with Crippen LogP contribution < -0.4 is 9.47 Å². The molecular formula is C26H23NO4S. The van der Waals surface area contributed by atoms with Gasteiger partial charge in [0.25, 0.3) is 11.1 Å². The van der Waals surface area contributed by atoms with E-state index in [1.165, 1.54) is 4.90 Å². The third-order valence-electron chi connectivity index (χ3n) is 5.02. The zero-order valence-corrected chi connectivity index (χ0v) is 18.7. The van der Waals surface area contributed by atoms with Crippen molar-refractivity contribution in [2.75, 3.05) is 7.11 Å². The molecule has 1 fully saturated rings. The second-order valence-corrected chi connectivity index (χ2v) is 8.43. The van der Waals surface area contributed by atoms with Crippen molar-refractivity contribution in [2.24, 2.45) is 0 Å². The number of aryl methyl sites for hydroxylation is 1. The molecule has 3 aromatic carbocycles. The van der Waals surface area contributed by atoms with Gasteiger partial charge in [0.2, 0.25) is 0 Å². The molecule has 0 spiro atoms. The zero-order valence-electron chi connectivity index (χ0n) is 17.9. The van der Waals surface area contributed by atoms with E-state index in [1.807, 2.05) is 73.7 Å². The molecule has 32 heavy (non-hydrogen) atoms. The van der Waals surface area contributed by atoms with Crippen LogP contribution in [0.3, 0.4) is 0 Å². The van der Waals surface area contributed by atoms with Crippen LogP contribution in [0.15, 0.2) is 77.7 Å². The summed E-state index contributed by atoms with van der Waals surface area (Å²) in [6, 6.07) is 23.1. The van der Waals surface area contributed by atoms with Crippen molar-refractivity contribution in [1.29, 1.82) is 0 Å². The topological polar surface area (TPSA) is 55.8 Å². The Morgan fingerprint density at radius 2 is 1.69 bits per heavy atom. The number of imide groups is 1. The van der Waals surface area contributed by atoms with Gasteiger partial charge in [-0.1, -0.05) is 66.2 Å². The molecule has 1 heterocycles. The van der Waals surface area contributed by atoms with Gasteiger partial charge < -0.3 is 9.47 Å². The fourth-order valence-corrected chi connectivity index (χ4v) is 4.25. The first-order valence-electron chi connectivity index (χ1n) is 10.2. The van der Waals surface area contributed by atoms with E-state index in [4.69, 9.17) is 9.47 Å². The minimum absolute atomic E-state index is 0.263. The summed E-state index contributed by atoms with van der Waals surface area (Å²) in [7, 11) is 1.57. The van der Waals surface area contributed by atoms with Crippen molar-refractivity contribution in [2.45, 2.75) is 20.1 Å². The largest absolute Gasteiger partial charge is 0.493 e. The number of methoxy groups -OCH3 is 1. The van der Waals surface area contributed by atoms with Crippen LogP contribution in [-0.4, -0.2) is 23.2 Å². The second-order valence-electron chi connectivity index (χ2n) is 7.44. The number of hydrogen-bond acceptors (Lipinski definition) is 5. The molecule has 1 aliphatic rings. The van der Waals surface area contributed by atoms with Crippen molar-refractivity contribution in [3.05, 3.63) is 100.0 Å². The van der Waals surface area contributed by atoms with E-state index in [0.29, 0.717) is 23.0 Å². The Morgan fingerprint density at radius 3 is 2.44 bits per heavy atom. The summed E-state index contributed by atoms with van der Waals surface area (Å²) in [4.78, 5) is 27.0. The van der Waals surface area contributed by atoms with Crippen LogP contribution in [0, 0.1) is 6.92 Å². The summed E-state index contributed by atoms with van der Waals surface area (Å²) in [5, 5.41) is -0.266. The highest BCUT2D eigenvalue weighted by molar-refractivity contribution is 8.18. The molecule has 2 amide bonds. The van der Waals surface area contributed by atoms with Crippen LogP contribution >= 0.6 is 11.8 Å². The van der Waals surface area contributed by atoms with Crippen LogP contribution in [0.4, 0.5) is 4.79 Å². The standard InChI is InChI=1S/C26H23NO4S/c1-18-7-6-10-21(13-18)16-27-25(28)24(32-26(27)29)15-20-11-12-22(23(14-20)30-2)31-17-19-8-4-3-5-9-19/h3-15H,16-17H2,1-2H3/b24-15+. The number of carbonyl (C=O) groups is 2. The fourth-order valence-electron chi connectivity index (χ4n) is 3.41. The first kappa shape index (κ1) is 21.7. The van der Waals surface area contributed by atoms with E-state index in [1.54, 1.807) is 19.3 Å². The van der Waals surface area contributed by atoms with Crippen molar-refractivity contribution in [3.63, 3.8) is 0 Å². The summed E-state index contributed by atoms with van der Waals surface area (Å²) in [5.74, 6) is 0.889. The first-order chi connectivity index (χ1) is 15.5. The lowest BCUT2D eigenvalue weighted by molar-refractivity contribution is -0.123. The Balaban J connectivity index is 1.49. The lowest BCUT2D eigenvalue weighted by atomic mass is 10.1. The van der Waals surface area contributed by atoms with Crippen LogP contribution in [0.25, 0.3) is 6.08 Å². The molecule has 4 rings (SSSR count). The van der Waals surface area contributed by atoms with Gasteiger partial charge in [-0.15, -0.1) is 0 Å². The minimum Gasteiger partial charge on any atom is -0.493 e. The fraction of sp³-hybridized carbons (Fsp3) is 0.154. The normalized spacial score (nSPS) is 14.8. The number of ether oxygens (including phenoxy) is 2. The highest BCUT2D eigenvalue weighted by Gasteiger charge is 2.35. The summed E-state index contributed by atoms with van der Waals surface area (Å²) in [6.45, 7) is 2.67. The first-order valence-corrected chi connectivity index (χ1v) is 11.0. The number of thioether (sulfide) groups is 1. The maximum absolute atomic E-state index is 12.9. The van der Waals surface area contributed by atoms with Crippen molar-refractivity contribution >= 4 is 29.0 Å². The molecule has 162 valence electrons. The Morgan fingerprint density at radius 1 is 0.906 bits per heavy atom. The molecule has 0 aromatic heterocycles. The van der Waals surface area contributed by atoms with Crippen molar-refractivity contribution in [1.82, 2.24) is 4.90 Å². The predicted molar refractivity (Wildman–Crippen MR) is 126 cm³/mol. The highest BCUT2D eigenvalue weighted by Crippen LogP contribution is 2.35. The van der Waals surface area contributed by atoms with Crippen LogP contribution in [-0.2, 0) is 17.9 Å². The summed E-state index contributed by atoms with van der Waals surface area (Å²) in [6.07, 6.45) is 1.71. The molecule has 3 aromatic rings. The molecule has 6 heteroatoms. The van der Waals surface area contributed by atoms with Crippen LogP contribution in [0.5, 0.6) is 11.5 Å². The zero-order chi connectivity index (χ0) is 22.5. The lowest BCUT2D eigenvalue weighted by Gasteiger charge is -2.13. The maximum atomic E-state index is 12.9. The molecule has 0 radical (unpaired) electrons. The summed E-state index contributed by atoms with van der Waals surface area (Å²) < 4.78 is 11.4. The Kier molecular flexibility index (Phi) is 6.61. The molecule has 0 N–H and O–H groups in total. The average molecular weight is 446 g/mol. The van der Waals surface area contributed by atoms with Gasteiger partial charge in [-0.2, -0.15) is 0 Å². The SMILES string of the molecule is COc1cc(/C=C2/SC(=O)N(Cc3cccc(C)c3)C2=O)ccc1OCc1ccccc1. The molecule has 0 bridgehead atoms. The van der Waals surface area contributed by atoms with Gasteiger partial charge in [0.15, 0.2) is 11.5 Å². The molecule has 5 nitrogen and oxygen atoms in total. The molecule has 1 aliphatic heterocycles. The van der Waals surface area contributed by atoms with Gasteiger partial charge in [0.05, 0.1) is 18.6 Å². The summed E-state index contributed by atoms with van der Waals surface area (Å²) >= 11 is 0.952. The Hall–Kier alpha value is -3.51. The van der Waals surface area contributed by atoms with E-state index in [0.717, 1.165) is 34.0 Å². The highest BCUT2D eigenvalue weighted by atomic mass is 32.2. The van der Waals surface area contributed by atoms with E-state index in [-0.39, 0.29) is 17.7 Å². The molecule has 0 saturated carbocycles. The molecule has 0 unspecified atom stereocenters. The number of hydrogen-bond donors (Lipinski definition) is 0. The van der Waals surface area contributed by atoms with Crippen LogP contribution in [0.1, 0.15) is 22.3 Å². The smallest absolute Gasteiger partial charge is 0.293 e. The van der Waals surface area contributed by atoms with E-state index < -0.39 is 0 Å². The van der Waals surface area contributed by atoms with Crippen molar-refractivity contribution in [3.8, 4) is 11.5 Å². The van der Waals surface area contributed by atoms with Gasteiger partial charge in [0, 0.05) is 0 Å². The maximum Gasteiger partial charge on any atom is 0.293 e. The Bertz CT molecular complexity index is 1170. The third kappa shape index (κ3) is 5.03. The van der Waals surface area contributed by atoms with E-state index >= 15 is 0 Å². The number of nitrogens with zero attached hydrogens (tertiary/aromatic N) is 1. The number of benzene rings is 3. The van der Waals surface area contributed by atoms with Gasteiger partial charge in [-0.25, -0.2) is 0 Å². The quantitative estimate of drug-likeness (QED) is 0.429. The van der Waals surface area contributed by atoms with Gasteiger partial charge in [-0.3, -0.25) is 14.5 Å². The number of amides is 2. The van der Waals surface area contributed by atoms with Gasteiger partial charge in [0.1, 0.15) is 6.61 Å². The molecule has 0 atom stereocenters. The lowest BCUT2D eigenvalue weighted by Crippen LogP contribution is -2.27. The monoisotopic (exact) mass is 445 g/mol. The van der Waals surface area contributed by atoms with Crippen LogP contribution in [0.2, 0.25) is 0 Å². The number of rotatable bonds is 7. The van der Waals surface area contributed by atoms with E-state index in [9.17, 15) is 9.59 Å². The van der Waals surface area contributed by atoms with Gasteiger partial charge >= 0.3 is 0 Å². The molecule has 0 aliphatic carbocycles. The number of carbonyl (C=O) groups excluding carboxylic acids is 2. The average Bonchev–Trinajstić information content (AvgIpc) is 3.06. The predicted octanol–water partition coefficient (Wildman–Crippen LogP) is 5.82. The third-order valence-corrected chi connectivity index (χ3v) is 5.93. The second kappa shape index (κ2) is 9.75. The minimum atomic E-state index is -0.287. The Labute approximate surface area is 191 Å². The van der Waals surface area contributed by atoms with Crippen molar-refractivity contribution < 1.29 is 19.1 Å². The summed E-state index contributed by atoms with van der Waals surface area (Å²) in [5.41, 5.74) is 3.83. The van der Waals surface area contributed by atoms with E-state index in [2.05, 4.69) is 0 Å². The van der Waals surface area contributed by atoms with Gasteiger partial charge in [-0.05, 0) is 53.6 Å².